The number of furan rings is 1. The highest BCUT2D eigenvalue weighted by Crippen LogP contribution is 2.48. The van der Waals surface area contributed by atoms with Crippen molar-refractivity contribution in [2.75, 3.05) is 0 Å². The van der Waals surface area contributed by atoms with E-state index in [1.54, 1.807) is 0 Å². The first-order chi connectivity index (χ1) is 31.8. The van der Waals surface area contributed by atoms with Crippen molar-refractivity contribution in [3.05, 3.63) is 224 Å². The lowest BCUT2D eigenvalue weighted by atomic mass is 9.90. The van der Waals surface area contributed by atoms with E-state index in [0.29, 0.717) is 0 Å². The lowest BCUT2D eigenvalue weighted by molar-refractivity contribution is 0.669. The Hall–Kier alpha value is -8.60. The van der Waals surface area contributed by atoms with Gasteiger partial charge in [0.1, 0.15) is 11.2 Å². The van der Waals surface area contributed by atoms with Crippen LogP contribution < -0.4 is 0 Å². The monoisotopic (exact) mass is 815 g/mol. The third-order valence-corrected chi connectivity index (χ3v) is 13.4. The number of para-hydroxylation sites is 7. The Kier molecular flexibility index (Phi) is 7.36. The molecule has 10 aromatic carbocycles. The van der Waals surface area contributed by atoms with Crippen LogP contribution in [0.1, 0.15) is 0 Å². The number of hydrogen-bond donors (Lipinski definition) is 0. The van der Waals surface area contributed by atoms with Gasteiger partial charge in [0, 0.05) is 71.3 Å². The Bertz CT molecular complexity index is 4180. The molecule has 298 valence electrons. The van der Waals surface area contributed by atoms with Crippen LogP contribution in [0.2, 0.25) is 0 Å². The standard InChI is InChI=1S/C60H37N3O/c1-3-16-39(17-4-1)61-52-26-11-9-22-45(52)50-37-41(31-34-55(50)61)63-54-28-13-7-20-43(54)47-24-15-25-49(59(47)63)58-42(38-30-35-57-51(36-38)46-23-10-14-29-56(46)64-57)32-33-48-44-21-8-12-27-53(44)62(60(48)58)40-18-5-2-6-19-40/h1-37H. The number of rotatable bonds is 5. The molecular weight excluding hydrogens is 779 g/mol. The molecule has 0 amide bonds. The van der Waals surface area contributed by atoms with Crippen LogP contribution in [0.4, 0.5) is 0 Å². The smallest absolute Gasteiger partial charge is 0.135 e. The van der Waals surface area contributed by atoms with E-state index in [0.717, 1.165) is 50.1 Å². The Morgan fingerprint density at radius 2 is 0.797 bits per heavy atom. The van der Waals surface area contributed by atoms with Crippen LogP contribution in [0.3, 0.4) is 0 Å². The molecule has 0 spiro atoms. The summed E-state index contributed by atoms with van der Waals surface area (Å²) in [6.45, 7) is 0. The van der Waals surface area contributed by atoms with Crippen LogP contribution in [0.15, 0.2) is 229 Å². The number of nitrogens with zero attached hydrogens (tertiary/aromatic N) is 3. The van der Waals surface area contributed by atoms with Crippen molar-refractivity contribution < 1.29 is 4.42 Å². The van der Waals surface area contributed by atoms with E-state index in [2.05, 4.69) is 232 Å². The van der Waals surface area contributed by atoms with E-state index < -0.39 is 0 Å². The van der Waals surface area contributed by atoms with E-state index in [-0.39, 0.29) is 0 Å². The fourth-order valence-electron chi connectivity index (χ4n) is 10.8. The van der Waals surface area contributed by atoms with Crippen molar-refractivity contribution in [1.82, 2.24) is 13.7 Å². The van der Waals surface area contributed by atoms with Crippen LogP contribution in [0.25, 0.3) is 127 Å². The average Bonchev–Trinajstić information content (AvgIpc) is 4.10. The molecule has 0 aliphatic carbocycles. The molecule has 14 rings (SSSR count). The molecule has 0 aliphatic heterocycles. The molecular formula is C60H37N3O. The highest BCUT2D eigenvalue weighted by atomic mass is 16.3. The van der Waals surface area contributed by atoms with Gasteiger partial charge in [0.2, 0.25) is 0 Å². The molecule has 4 heteroatoms. The minimum Gasteiger partial charge on any atom is -0.456 e. The molecule has 0 unspecified atom stereocenters. The first-order valence-corrected chi connectivity index (χ1v) is 21.9. The number of hydrogen-bond acceptors (Lipinski definition) is 1. The molecule has 0 N–H and O–H groups in total. The fraction of sp³-hybridized carbons (Fsp3) is 0. The fourth-order valence-corrected chi connectivity index (χ4v) is 10.8. The van der Waals surface area contributed by atoms with Gasteiger partial charge in [-0.15, -0.1) is 0 Å². The highest BCUT2D eigenvalue weighted by molar-refractivity contribution is 6.22. The van der Waals surface area contributed by atoms with Crippen LogP contribution in [0, 0.1) is 0 Å². The second kappa shape index (κ2) is 13.4. The number of benzene rings is 10. The van der Waals surface area contributed by atoms with Gasteiger partial charge in [-0.3, -0.25) is 0 Å². The van der Waals surface area contributed by atoms with Gasteiger partial charge in [-0.05, 0) is 90.0 Å². The average molecular weight is 816 g/mol. The van der Waals surface area contributed by atoms with Crippen molar-refractivity contribution in [3.63, 3.8) is 0 Å². The quantitative estimate of drug-likeness (QED) is 0.170. The van der Waals surface area contributed by atoms with Crippen molar-refractivity contribution >= 4 is 87.4 Å². The lowest BCUT2D eigenvalue weighted by Gasteiger charge is -2.19. The highest BCUT2D eigenvalue weighted by Gasteiger charge is 2.25. The molecule has 64 heavy (non-hydrogen) atoms. The summed E-state index contributed by atoms with van der Waals surface area (Å²) in [6.07, 6.45) is 0. The van der Waals surface area contributed by atoms with Crippen molar-refractivity contribution in [3.8, 4) is 39.3 Å². The van der Waals surface area contributed by atoms with E-state index in [4.69, 9.17) is 4.42 Å². The third-order valence-electron chi connectivity index (χ3n) is 13.4. The molecule has 0 radical (unpaired) electrons. The zero-order valence-corrected chi connectivity index (χ0v) is 34.6. The van der Waals surface area contributed by atoms with Gasteiger partial charge < -0.3 is 18.1 Å². The Morgan fingerprint density at radius 1 is 0.266 bits per heavy atom. The van der Waals surface area contributed by atoms with Gasteiger partial charge >= 0.3 is 0 Å². The zero-order chi connectivity index (χ0) is 41.9. The summed E-state index contributed by atoms with van der Waals surface area (Å²) in [6, 6.07) is 81.7. The van der Waals surface area contributed by atoms with Crippen LogP contribution in [0.5, 0.6) is 0 Å². The summed E-state index contributed by atoms with van der Waals surface area (Å²) in [5, 5.41) is 9.53. The minimum absolute atomic E-state index is 0.886. The Morgan fingerprint density at radius 3 is 1.52 bits per heavy atom. The predicted molar refractivity (Wildman–Crippen MR) is 268 cm³/mol. The Balaban J connectivity index is 1.14. The van der Waals surface area contributed by atoms with Crippen molar-refractivity contribution in [1.29, 1.82) is 0 Å². The second-order valence-corrected chi connectivity index (χ2v) is 16.8. The van der Waals surface area contributed by atoms with Crippen LogP contribution in [-0.4, -0.2) is 13.7 Å². The molecule has 0 fully saturated rings. The molecule has 0 saturated carbocycles. The maximum atomic E-state index is 6.38. The van der Waals surface area contributed by atoms with E-state index in [1.807, 2.05) is 6.07 Å². The summed E-state index contributed by atoms with van der Waals surface area (Å²) in [4.78, 5) is 0. The number of fused-ring (bicyclic) bond motifs is 12. The summed E-state index contributed by atoms with van der Waals surface area (Å²) >= 11 is 0. The molecule has 0 saturated heterocycles. The largest absolute Gasteiger partial charge is 0.456 e. The molecule has 0 atom stereocenters. The SMILES string of the molecule is c1ccc(-n2c3ccccc3c3cc(-n4c5ccccc5c5cccc(-c6c(-c7ccc8oc9ccccc9c8c7)ccc7c8ccccc8n(-c8ccccc8)c67)c54)ccc32)cc1. The summed E-state index contributed by atoms with van der Waals surface area (Å²) < 4.78 is 13.8. The number of aromatic nitrogens is 3. The molecule has 14 aromatic rings. The summed E-state index contributed by atoms with van der Waals surface area (Å²) in [7, 11) is 0. The molecule has 4 nitrogen and oxygen atoms in total. The van der Waals surface area contributed by atoms with Gasteiger partial charge in [-0.2, -0.15) is 0 Å². The van der Waals surface area contributed by atoms with Crippen LogP contribution >= 0.6 is 0 Å². The maximum absolute atomic E-state index is 6.38. The maximum Gasteiger partial charge on any atom is 0.135 e. The van der Waals surface area contributed by atoms with Crippen molar-refractivity contribution in [2.45, 2.75) is 0 Å². The summed E-state index contributed by atoms with van der Waals surface area (Å²) in [5.41, 5.74) is 16.9. The van der Waals surface area contributed by atoms with Gasteiger partial charge in [0.25, 0.3) is 0 Å². The summed E-state index contributed by atoms with van der Waals surface area (Å²) in [5.74, 6) is 0. The zero-order valence-electron chi connectivity index (χ0n) is 34.6. The topological polar surface area (TPSA) is 27.9 Å². The predicted octanol–water partition coefficient (Wildman–Crippen LogP) is 16.2. The van der Waals surface area contributed by atoms with E-state index in [9.17, 15) is 0 Å². The molecule has 4 heterocycles. The van der Waals surface area contributed by atoms with Gasteiger partial charge in [0.15, 0.2) is 0 Å². The minimum atomic E-state index is 0.886. The normalized spacial score (nSPS) is 12.1. The Labute approximate surface area is 367 Å². The first-order valence-electron chi connectivity index (χ1n) is 21.9. The van der Waals surface area contributed by atoms with Crippen LogP contribution in [-0.2, 0) is 0 Å². The first kappa shape index (κ1) is 35.0. The molecule has 4 aromatic heterocycles. The van der Waals surface area contributed by atoms with Gasteiger partial charge in [0.05, 0.1) is 33.1 Å². The molecule has 0 bridgehead atoms. The van der Waals surface area contributed by atoms with Crippen molar-refractivity contribution in [2.24, 2.45) is 0 Å². The third kappa shape index (κ3) is 4.93. The molecule has 0 aliphatic rings. The second-order valence-electron chi connectivity index (χ2n) is 16.8. The van der Waals surface area contributed by atoms with Gasteiger partial charge in [-0.25, -0.2) is 0 Å². The van der Waals surface area contributed by atoms with E-state index in [1.165, 1.54) is 76.5 Å². The van der Waals surface area contributed by atoms with Gasteiger partial charge in [-0.1, -0.05) is 146 Å². The lowest BCUT2D eigenvalue weighted by Crippen LogP contribution is -2.00. The van der Waals surface area contributed by atoms with E-state index >= 15 is 0 Å².